The van der Waals surface area contributed by atoms with Gasteiger partial charge >= 0.3 is 0 Å². The summed E-state index contributed by atoms with van der Waals surface area (Å²) in [6, 6.07) is 10.4. The van der Waals surface area contributed by atoms with Gasteiger partial charge in [0.05, 0.1) is 18.4 Å². The largest absolute Gasteiger partial charge is 0.465 e. The summed E-state index contributed by atoms with van der Waals surface area (Å²) in [5.74, 6) is -0.304. The minimum atomic E-state index is -1.81. The van der Waals surface area contributed by atoms with Crippen molar-refractivity contribution in [1.29, 1.82) is 0 Å². The third-order valence-corrected chi connectivity index (χ3v) is 3.78. The molecule has 0 saturated carbocycles. The molecule has 0 unspecified atom stereocenters. The van der Waals surface area contributed by atoms with Crippen molar-refractivity contribution in [3.05, 3.63) is 60.1 Å². The predicted octanol–water partition coefficient (Wildman–Crippen LogP) is 2.12. The number of aliphatic hydroxyl groups is 1. The van der Waals surface area contributed by atoms with Crippen LogP contribution in [0.15, 0.2) is 53.2 Å². The molecule has 2 heterocycles. The summed E-state index contributed by atoms with van der Waals surface area (Å²) in [6.45, 7) is 0. The number of rotatable bonds is 4. The summed E-state index contributed by atoms with van der Waals surface area (Å²) in [5.41, 5.74) is -0.726. The maximum atomic E-state index is 12.3. The zero-order valence-corrected chi connectivity index (χ0v) is 12.0. The van der Waals surface area contributed by atoms with Crippen LogP contribution in [0.25, 0.3) is 6.08 Å². The summed E-state index contributed by atoms with van der Waals surface area (Å²) in [5, 5.41) is 10.7. The standard InChI is InChI=1S/C17H15NO4/c1-18-15-7-3-2-6-14(15)17(21,16(18)20)11-12(19)8-9-13-5-4-10-22-13/h2-10,21H,11H2,1H3/b9-8+/t17-/m0/s1. The van der Waals surface area contributed by atoms with Crippen LogP contribution in [0.3, 0.4) is 0 Å². The van der Waals surface area contributed by atoms with Crippen molar-refractivity contribution in [2.24, 2.45) is 0 Å². The zero-order valence-electron chi connectivity index (χ0n) is 12.0. The second-order valence-electron chi connectivity index (χ2n) is 5.23. The molecular formula is C17H15NO4. The highest BCUT2D eigenvalue weighted by molar-refractivity contribution is 6.09. The van der Waals surface area contributed by atoms with E-state index in [1.807, 2.05) is 0 Å². The number of para-hydroxylation sites is 1. The zero-order chi connectivity index (χ0) is 15.7. The molecule has 5 heteroatoms. The maximum absolute atomic E-state index is 12.3. The summed E-state index contributed by atoms with van der Waals surface area (Å²) in [6.07, 6.45) is 4.03. The van der Waals surface area contributed by atoms with Crippen molar-refractivity contribution in [2.75, 3.05) is 11.9 Å². The molecule has 1 aromatic carbocycles. The summed E-state index contributed by atoms with van der Waals surface area (Å²) in [7, 11) is 1.59. The monoisotopic (exact) mass is 297 g/mol. The molecule has 1 amide bonds. The quantitative estimate of drug-likeness (QED) is 0.877. The highest BCUT2D eigenvalue weighted by atomic mass is 16.3. The second-order valence-corrected chi connectivity index (χ2v) is 5.23. The van der Waals surface area contributed by atoms with E-state index in [4.69, 9.17) is 4.42 Å². The van der Waals surface area contributed by atoms with E-state index in [1.54, 1.807) is 43.4 Å². The van der Waals surface area contributed by atoms with Crippen molar-refractivity contribution in [3.63, 3.8) is 0 Å². The molecule has 0 saturated heterocycles. The van der Waals surface area contributed by atoms with Crippen LogP contribution >= 0.6 is 0 Å². The molecule has 0 radical (unpaired) electrons. The van der Waals surface area contributed by atoms with E-state index >= 15 is 0 Å². The number of hydrogen-bond donors (Lipinski definition) is 1. The van der Waals surface area contributed by atoms with Crippen LogP contribution in [0, 0.1) is 0 Å². The normalized spacial score (nSPS) is 20.6. The van der Waals surface area contributed by atoms with E-state index in [9.17, 15) is 14.7 Å². The molecule has 1 aliphatic heterocycles. The Morgan fingerprint density at radius 1 is 1.32 bits per heavy atom. The van der Waals surface area contributed by atoms with Crippen molar-refractivity contribution in [1.82, 2.24) is 0 Å². The van der Waals surface area contributed by atoms with Gasteiger partial charge in [0, 0.05) is 12.6 Å². The first-order valence-corrected chi connectivity index (χ1v) is 6.87. The Hall–Kier alpha value is -2.66. The smallest absolute Gasteiger partial charge is 0.263 e. The Morgan fingerprint density at radius 2 is 2.09 bits per heavy atom. The van der Waals surface area contributed by atoms with Gasteiger partial charge in [0.25, 0.3) is 5.91 Å². The molecule has 0 aliphatic carbocycles. The van der Waals surface area contributed by atoms with Crippen molar-refractivity contribution >= 4 is 23.5 Å². The number of hydrogen-bond acceptors (Lipinski definition) is 4. The number of allylic oxidation sites excluding steroid dienone is 1. The first-order valence-electron chi connectivity index (χ1n) is 6.87. The van der Waals surface area contributed by atoms with E-state index in [2.05, 4.69) is 0 Å². The minimum absolute atomic E-state index is 0.301. The molecule has 22 heavy (non-hydrogen) atoms. The lowest BCUT2D eigenvalue weighted by atomic mass is 9.90. The second kappa shape index (κ2) is 5.27. The highest BCUT2D eigenvalue weighted by Crippen LogP contribution is 2.41. The predicted molar refractivity (Wildman–Crippen MR) is 81.1 cm³/mol. The molecule has 0 fully saturated rings. The number of carbonyl (C=O) groups excluding carboxylic acids is 2. The van der Waals surface area contributed by atoms with Crippen LogP contribution in [-0.2, 0) is 15.2 Å². The van der Waals surface area contributed by atoms with Crippen LogP contribution in [-0.4, -0.2) is 23.8 Å². The summed E-state index contributed by atoms with van der Waals surface area (Å²) < 4.78 is 5.10. The van der Waals surface area contributed by atoms with Gasteiger partial charge in [-0.1, -0.05) is 18.2 Å². The lowest BCUT2D eigenvalue weighted by molar-refractivity contribution is -0.140. The lowest BCUT2D eigenvalue weighted by Gasteiger charge is -2.20. The highest BCUT2D eigenvalue weighted by Gasteiger charge is 2.49. The first kappa shape index (κ1) is 14.3. The minimum Gasteiger partial charge on any atom is -0.465 e. The van der Waals surface area contributed by atoms with Gasteiger partial charge < -0.3 is 14.4 Å². The number of furan rings is 1. The molecule has 5 nitrogen and oxygen atoms in total. The molecule has 0 spiro atoms. The fourth-order valence-corrected chi connectivity index (χ4v) is 2.66. The number of nitrogens with zero attached hydrogens (tertiary/aromatic N) is 1. The van der Waals surface area contributed by atoms with Gasteiger partial charge in [0.15, 0.2) is 11.4 Å². The van der Waals surface area contributed by atoms with Crippen molar-refractivity contribution < 1.29 is 19.1 Å². The number of amides is 1. The molecule has 3 rings (SSSR count). The topological polar surface area (TPSA) is 70.8 Å². The van der Waals surface area contributed by atoms with E-state index in [0.29, 0.717) is 17.0 Å². The van der Waals surface area contributed by atoms with Crippen molar-refractivity contribution in [3.8, 4) is 0 Å². The first-order chi connectivity index (χ1) is 10.5. The number of benzene rings is 1. The van der Waals surface area contributed by atoms with Crippen LogP contribution in [0.2, 0.25) is 0 Å². The Bertz CT molecular complexity index is 748. The average Bonchev–Trinajstić information content (AvgIpc) is 3.10. The molecule has 1 atom stereocenters. The Labute approximate surface area is 127 Å². The van der Waals surface area contributed by atoms with Gasteiger partial charge in [-0.2, -0.15) is 0 Å². The molecule has 112 valence electrons. The Balaban J connectivity index is 1.85. The van der Waals surface area contributed by atoms with E-state index < -0.39 is 11.5 Å². The number of likely N-dealkylation sites (N-methyl/N-ethyl adjacent to an activating group) is 1. The van der Waals surface area contributed by atoms with Crippen LogP contribution < -0.4 is 4.90 Å². The third kappa shape index (κ3) is 2.25. The maximum Gasteiger partial charge on any atom is 0.263 e. The average molecular weight is 297 g/mol. The third-order valence-electron chi connectivity index (χ3n) is 3.78. The molecule has 0 bridgehead atoms. The Kier molecular flexibility index (Phi) is 3.42. The molecule has 1 aliphatic rings. The molecule has 1 aromatic heterocycles. The fourth-order valence-electron chi connectivity index (χ4n) is 2.66. The van der Waals surface area contributed by atoms with Gasteiger partial charge in [-0.15, -0.1) is 0 Å². The Morgan fingerprint density at radius 3 is 2.82 bits per heavy atom. The van der Waals surface area contributed by atoms with Gasteiger partial charge in [-0.3, -0.25) is 9.59 Å². The van der Waals surface area contributed by atoms with Crippen molar-refractivity contribution in [2.45, 2.75) is 12.0 Å². The van der Waals surface area contributed by atoms with Gasteiger partial charge in [0.2, 0.25) is 0 Å². The van der Waals surface area contributed by atoms with Crippen LogP contribution in [0.5, 0.6) is 0 Å². The van der Waals surface area contributed by atoms with Crippen LogP contribution in [0.1, 0.15) is 17.7 Å². The van der Waals surface area contributed by atoms with E-state index in [0.717, 1.165) is 0 Å². The number of anilines is 1. The summed E-state index contributed by atoms with van der Waals surface area (Å²) >= 11 is 0. The summed E-state index contributed by atoms with van der Waals surface area (Å²) in [4.78, 5) is 25.8. The molecule has 2 aromatic rings. The fraction of sp³-hybridized carbons (Fsp3) is 0.176. The molecular weight excluding hydrogens is 282 g/mol. The van der Waals surface area contributed by atoms with Gasteiger partial charge in [0.1, 0.15) is 5.76 Å². The van der Waals surface area contributed by atoms with Crippen LogP contribution in [0.4, 0.5) is 5.69 Å². The van der Waals surface area contributed by atoms with E-state index in [1.165, 1.54) is 23.3 Å². The number of carbonyl (C=O) groups is 2. The van der Waals surface area contributed by atoms with Gasteiger partial charge in [-0.25, -0.2) is 0 Å². The molecule has 1 N–H and O–H groups in total. The van der Waals surface area contributed by atoms with Gasteiger partial charge in [-0.05, 0) is 30.4 Å². The lowest BCUT2D eigenvalue weighted by Crippen LogP contribution is -2.40. The SMILES string of the molecule is CN1C(=O)[C@](O)(CC(=O)/C=C/c2ccco2)c2ccccc21. The van der Waals surface area contributed by atoms with E-state index in [-0.39, 0.29) is 12.2 Å². The number of fused-ring (bicyclic) bond motifs is 1. The number of ketones is 1.